The number of hydrogen-bond acceptors (Lipinski definition) is 0. The van der Waals surface area contributed by atoms with Crippen molar-refractivity contribution in [1.29, 1.82) is 0 Å². The summed E-state index contributed by atoms with van der Waals surface area (Å²) >= 11 is 0. The van der Waals surface area contributed by atoms with E-state index in [1.54, 1.807) is 10.6 Å². The minimum absolute atomic E-state index is 0. The molecule has 4 heteroatoms. The van der Waals surface area contributed by atoms with E-state index in [4.69, 9.17) is 0 Å². The summed E-state index contributed by atoms with van der Waals surface area (Å²) < 4.78 is 0. The predicted molar refractivity (Wildman–Crippen MR) is 147 cm³/mol. The molecule has 0 aliphatic carbocycles. The zero-order valence-electron chi connectivity index (χ0n) is 20.0. The van der Waals surface area contributed by atoms with E-state index < -0.39 is 0 Å². The van der Waals surface area contributed by atoms with Crippen LogP contribution in [0.2, 0.25) is 0 Å². The molecule has 1 heterocycles. The number of hydrogen-bond donors (Lipinski definition) is 0. The van der Waals surface area contributed by atoms with Crippen molar-refractivity contribution in [2.45, 2.75) is 6.92 Å². The third kappa shape index (κ3) is 4.87. The summed E-state index contributed by atoms with van der Waals surface area (Å²) in [5, 5.41) is 8.57. The van der Waals surface area contributed by atoms with Crippen LogP contribution in [0.5, 0.6) is 0 Å². The van der Waals surface area contributed by atoms with E-state index in [1.807, 2.05) is 0 Å². The average molecular weight is 526 g/mol. The van der Waals surface area contributed by atoms with Gasteiger partial charge < -0.3 is 9.41 Å². The van der Waals surface area contributed by atoms with Crippen LogP contribution in [0, 0.1) is 0 Å². The maximum absolute atomic E-state index is 2.42. The summed E-state index contributed by atoms with van der Waals surface area (Å²) in [6.07, 6.45) is 1.23. The van der Waals surface area contributed by atoms with Crippen molar-refractivity contribution in [2.24, 2.45) is 0 Å². The molecule has 176 valence electrons. The van der Waals surface area contributed by atoms with Gasteiger partial charge in [0, 0.05) is 0 Å². The van der Waals surface area contributed by atoms with Crippen molar-refractivity contribution in [3.8, 4) is 22.3 Å². The van der Waals surface area contributed by atoms with Gasteiger partial charge in [-0.05, 0) is 22.6 Å². The zero-order chi connectivity index (χ0) is 22.2. The third-order valence-corrected chi connectivity index (χ3v) is 9.10. The molecule has 0 nitrogen and oxygen atoms in total. The van der Waals surface area contributed by atoms with Crippen LogP contribution in [0.15, 0.2) is 121 Å². The third-order valence-electron chi connectivity index (χ3n) is 6.61. The summed E-state index contributed by atoms with van der Waals surface area (Å²) in [5.41, 5.74) is 5.46. The van der Waals surface area contributed by atoms with Gasteiger partial charge in [0.25, 0.3) is 0 Å². The molecule has 6 aromatic rings. The Labute approximate surface area is 227 Å². The monoisotopic (exact) mass is 526 g/mol. The molecule has 7 rings (SSSR count). The number of benzene rings is 4. The van der Waals surface area contributed by atoms with Gasteiger partial charge in [-0.1, -0.05) is 92.7 Å². The molecule has 0 amide bonds. The molecule has 0 aromatic heterocycles. The van der Waals surface area contributed by atoms with Gasteiger partial charge >= 0.3 is 21.7 Å². The molecule has 0 saturated carbocycles. The van der Waals surface area contributed by atoms with Crippen LogP contribution in [0.3, 0.4) is 0 Å². The van der Waals surface area contributed by atoms with Gasteiger partial charge in [0.2, 0.25) is 0 Å². The molecular formula is C32H25F2PTi. The first-order valence-corrected chi connectivity index (χ1v) is 13.1. The van der Waals surface area contributed by atoms with Gasteiger partial charge in [-0.25, -0.2) is 0 Å². The minimum Gasteiger partial charge on any atom is -1.00 e. The van der Waals surface area contributed by atoms with Crippen LogP contribution >= 0.6 is 7.92 Å². The van der Waals surface area contributed by atoms with E-state index in [1.165, 1.54) is 50.0 Å². The van der Waals surface area contributed by atoms with Crippen molar-refractivity contribution in [3.05, 3.63) is 121 Å². The minimum atomic E-state index is -0.170. The standard InChI is InChI=1S/C17H14P.C15H11.2FH.Ti/c1-2-18-13-10-12-6-5-8-14(16(12)11-13)15-7-3-4-9-17(15)18;1-2-6-12(7-3-1)14-10-4-8-13-9-5-11-15(13)14;;;/h3-11H,2H2,1H3;1-11H;2*1H;/q2*-1;;;+4/p-2. The fourth-order valence-corrected chi connectivity index (χ4v) is 7.39. The quantitative estimate of drug-likeness (QED) is 0.185. The van der Waals surface area contributed by atoms with Crippen molar-refractivity contribution in [2.75, 3.05) is 6.16 Å². The van der Waals surface area contributed by atoms with Gasteiger partial charge in [-0.15, -0.1) is 63.2 Å². The van der Waals surface area contributed by atoms with Crippen LogP contribution in [-0.4, -0.2) is 6.16 Å². The molecule has 0 radical (unpaired) electrons. The Morgan fingerprint density at radius 1 is 0.639 bits per heavy atom. The Hall–Kier alpha value is -2.90. The van der Waals surface area contributed by atoms with Crippen LogP contribution in [-0.2, 0) is 21.7 Å². The molecule has 0 spiro atoms. The van der Waals surface area contributed by atoms with E-state index >= 15 is 0 Å². The Morgan fingerprint density at radius 2 is 1.31 bits per heavy atom. The van der Waals surface area contributed by atoms with Gasteiger partial charge in [-0.2, -0.15) is 18.2 Å². The maximum Gasteiger partial charge on any atom is 4.00 e. The van der Waals surface area contributed by atoms with Gasteiger partial charge in [-0.3, -0.25) is 0 Å². The van der Waals surface area contributed by atoms with Crippen molar-refractivity contribution in [1.82, 2.24) is 0 Å². The predicted octanol–water partition coefficient (Wildman–Crippen LogP) is 2.22. The summed E-state index contributed by atoms with van der Waals surface area (Å²) in [6.45, 7) is 2.31. The number of rotatable bonds is 2. The van der Waals surface area contributed by atoms with Gasteiger partial charge in [0.15, 0.2) is 0 Å². The Balaban J connectivity index is 0.000000188. The van der Waals surface area contributed by atoms with E-state index in [2.05, 4.69) is 128 Å². The van der Waals surface area contributed by atoms with E-state index in [9.17, 15) is 0 Å². The molecule has 6 aromatic carbocycles. The topological polar surface area (TPSA) is 0 Å². The van der Waals surface area contributed by atoms with Crippen LogP contribution in [0.4, 0.5) is 0 Å². The molecular weight excluding hydrogens is 501 g/mol. The van der Waals surface area contributed by atoms with Crippen LogP contribution < -0.4 is 20.0 Å². The van der Waals surface area contributed by atoms with Crippen molar-refractivity contribution in [3.63, 3.8) is 0 Å². The second-order valence-corrected chi connectivity index (χ2v) is 11.0. The first-order chi connectivity index (χ1) is 16.3. The summed E-state index contributed by atoms with van der Waals surface area (Å²) in [5.74, 6) is 0. The fraction of sp³-hybridized carbons (Fsp3) is 0.0625. The summed E-state index contributed by atoms with van der Waals surface area (Å²) in [7, 11) is -0.170. The zero-order valence-corrected chi connectivity index (χ0v) is 22.4. The van der Waals surface area contributed by atoms with E-state index in [0.29, 0.717) is 0 Å². The number of halogens is 2. The fourth-order valence-electron chi connectivity index (χ4n) is 5.07. The van der Waals surface area contributed by atoms with E-state index in [0.717, 1.165) is 0 Å². The van der Waals surface area contributed by atoms with Gasteiger partial charge in [0.1, 0.15) is 0 Å². The first kappa shape index (κ1) is 27.7. The second-order valence-electron chi connectivity index (χ2n) is 8.48. The maximum atomic E-state index is 2.42. The second kappa shape index (κ2) is 11.9. The average Bonchev–Trinajstić information content (AvgIpc) is 3.50. The largest absolute Gasteiger partial charge is 4.00 e. The Bertz CT molecular complexity index is 1570. The SMILES string of the molecule is CCP1c2cc3c(cccc3[cH-]2)-c2ccccc21.[F-].[F-].[Ti+4].c1ccc(-c2cccc3[cH-]ccc23)cc1. The summed E-state index contributed by atoms with van der Waals surface area (Å²) in [4.78, 5) is 0. The van der Waals surface area contributed by atoms with Crippen LogP contribution in [0.25, 0.3) is 43.8 Å². The van der Waals surface area contributed by atoms with Gasteiger partial charge in [0.05, 0.1) is 0 Å². The first-order valence-electron chi connectivity index (χ1n) is 11.6. The van der Waals surface area contributed by atoms with Crippen molar-refractivity contribution >= 4 is 40.1 Å². The molecule has 1 aliphatic heterocycles. The summed E-state index contributed by atoms with van der Waals surface area (Å²) in [6, 6.07) is 43.8. The molecule has 2 bridgehead atoms. The van der Waals surface area contributed by atoms with Crippen LogP contribution in [0.1, 0.15) is 6.92 Å². The molecule has 1 aliphatic rings. The molecule has 1 unspecified atom stereocenters. The molecule has 1 atom stereocenters. The molecule has 0 N–H and O–H groups in total. The number of fused-ring (bicyclic) bond motifs is 4. The van der Waals surface area contributed by atoms with E-state index in [-0.39, 0.29) is 39.0 Å². The normalized spacial score (nSPS) is 12.9. The smallest absolute Gasteiger partial charge is 1.00 e. The van der Waals surface area contributed by atoms with Crippen molar-refractivity contribution < 1.29 is 31.1 Å². The molecule has 36 heavy (non-hydrogen) atoms. The Kier molecular flexibility index (Phi) is 9.15. The molecule has 0 saturated heterocycles. The Morgan fingerprint density at radius 3 is 2.08 bits per heavy atom. The molecule has 0 fully saturated rings.